The Morgan fingerprint density at radius 2 is 1.57 bits per heavy atom. The molecule has 2 aromatic carbocycles. The lowest BCUT2D eigenvalue weighted by Gasteiger charge is -2.37. The highest BCUT2D eigenvalue weighted by Crippen LogP contribution is 2.44. The van der Waals surface area contributed by atoms with Crippen LogP contribution in [0.15, 0.2) is 48.5 Å². The van der Waals surface area contributed by atoms with Gasteiger partial charge in [0.25, 0.3) is 0 Å². The van der Waals surface area contributed by atoms with Crippen molar-refractivity contribution in [1.82, 2.24) is 10.6 Å². The average Bonchev–Trinajstić information content (AvgIpc) is 3.15. The second kappa shape index (κ2) is 10.1. The minimum absolute atomic E-state index is 0.00705. The maximum atomic E-state index is 12.9. The van der Waals surface area contributed by atoms with E-state index in [4.69, 9.17) is 9.84 Å². The molecule has 4 rings (SSSR count). The predicted molar refractivity (Wildman–Crippen MR) is 130 cm³/mol. The van der Waals surface area contributed by atoms with E-state index in [1.54, 1.807) is 0 Å². The average molecular weight is 481 g/mol. The van der Waals surface area contributed by atoms with Crippen molar-refractivity contribution in [1.29, 1.82) is 0 Å². The molecule has 8 heteroatoms. The second-order valence-electron chi connectivity index (χ2n) is 9.82. The molecular formula is C27H32N2O6. The number of carboxylic acid groups (broad SMARTS) is 1. The normalized spacial score (nSPS) is 18.0. The summed E-state index contributed by atoms with van der Waals surface area (Å²) in [6, 6.07) is 16.2. The van der Waals surface area contributed by atoms with E-state index >= 15 is 0 Å². The Bertz CT molecular complexity index is 1060. The SMILES string of the molecule is CC(O)(CNC(=O)CC1(NC(=O)OCC2c3ccccc3-c3ccccc32)CCCCC1)C(=O)O. The van der Waals surface area contributed by atoms with E-state index in [0.717, 1.165) is 48.4 Å². The quantitative estimate of drug-likeness (QED) is 0.458. The smallest absolute Gasteiger partial charge is 0.407 e. The zero-order valence-electron chi connectivity index (χ0n) is 19.9. The Hall–Kier alpha value is -3.39. The highest BCUT2D eigenvalue weighted by molar-refractivity contribution is 5.82. The number of ether oxygens (including phenoxy) is 1. The highest BCUT2D eigenvalue weighted by Gasteiger charge is 2.38. The fourth-order valence-corrected chi connectivity index (χ4v) is 5.14. The predicted octanol–water partition coefficient (Wildman–Crippen LogP) is 3.57. The van der Waals surface area contributed by atoms with Crippen LogP contribution in [-0.2, 0) is 14.3 Å². The number of aliphatic hydroxyl groups is 1. The van der Waals surface area contributed by atoms with Crippen LogP contribution >= 0.6 is 0 Å². The number of amides is 2. The first-order valence-electron chi connectivity index (χ1n) is 12.1. The number of carboxylic acids is 1. The van der Waals surface area contributed by atoms with Crippen LogP contribution in [0.5, 0.6) is 0 Å². The number of hydrogen-bond donors (Lipinski definition) is 4. The minimum atomic E-state index is -2.06. The molecule has 0 radical (unpaired) electrons. The minimum Gasteiger partial charge on any atom is -0.479 e. The molecule has 1 saturated carbocycles. The van der Waals surface area contributed by atoms with E-state index < -0.39 is 35.7 Å². The maximum Gasteiger partial charge on any atom is 0.407 e. The first-order valence-corrected chi connectivity index (χ1v) is 12.1. The highest BCUT2D eigenvalue weighted by atomic mass is 16.5. The van der Waals surface area contributed by atoms with Gasteiger partial charge < -0.3 is 25.6 Å². The Balaban J connectivity index is 1.40. The third-order valence-electron chi connectivity index (χ3n) is 7.11. The molecule has 2 aromatic rings. The fraction of sp³-hybridized carbons (Fsp3) is 0.444. The summed E-state index contributed by atoms with van der Waals surface area (Å²) in [4.78, 5) is 36.6. The van der Waals surface area contributed by atoms with Gasteiger partial charge in [-0.05, 0) is 42.0 Å². The molecule has 4 N–H and O–H groups in total. The topological polar surface area (TPSA) is 125 Å². The third kappa shape index (κ3) is 5.48. The number of rotatable bonds is 8. The molecule has 2 aliphatic rings. The lowest BCUT2D eigenvalue weighted by Crippen LogP contribution is -2.54. The molecule has 2 amide bonds. The van der Waals surface area contributed by atoms with Crippen LogP contribution in [0.4, 0.5) is 4.79 Å². The molecule has 0 heterocycles. The van der Waals surface area contributed by atoms with Crippen LogP contribution in [0.1, 0.15) is 62.5 Å². The molecule has 1 unspecified atom stereocenters. The van der Waals surface area contributed by atoms with Crippen molar-refractivity contribution in [3.63, 3.8) is 0 Å². The first-order chi connectivity index (χ1) is 16.7. The van der Waals surface area contributed by atoms with Gasteiger partial charge in [-0.2, -0.15) is 0 Å². The van der Waals surface area contributed by atoms with Crippen LogP contribution in [-0.4, -0.2) is 52.5 Å². The van der Waals surface area contributed by atoms with E-state index in [0.29, 0.717) is 12.8 Å². The molecule has 186 valence electrons. The van der Waals surface area contributed by atoms with Crippen LogP contribution in [0.25, 0.3) is 11.1 Å². The Morgan fingerprint density at radius 1 is 1.00 bits per heavy atom. The van der Waals surface area contributed by atoms with E-state index in [1.807, 2.05) is 24.3 Å². The number of hydrogen-bond acceptors (Lipinski definition) is 5. The summed E-state index contributed by atoms with van der Waals surface area (Å²) >= 11 is 0. The zero-order valence-corrected chi connectivity index (χ0v) is 19.9. The van der Waals surface area contributed by atoms with Gasteiger partial charge >= 0.3 is 12.1 Å². The van der Waals surface area contributed by atoms with E-state index in [-0.39, 0.29) is 18.9 Å². The van der Waals surface area contributed by atoms with Crippen molar-refractivity contribution in [3.8, 4) is 11.1 Å². The van der Waals surface area contributed by atoms with Gasteiger partial charge in [-0.15, -0.1) is 0 Å². The molecule has 1 atom stereocenters. The Labute approximate surface area is 204 Å². The summed E-state index contributed by atoms with van der Waals surface area (Å²) in [6.45, 7) is 0.896. The van der Waals surface area contributed by atoms with Crippen LogP contribution in [0, 0.1) is 0 Å². The summed E-state index contributed by atoms with van der Waals surface area (Å²) in [7, 11) is 0. The first kappa shape index (κ1) is 24.7. The summed E-state index contributed by atoms with van der Waals surface area (Å²) in [5.41, 5.74) is 1.72. The number of carbonyl (C=O) groups excluding carboxylic acids is 2. The zero-order chi connectivity index (χ0) is 25.1. The number of carbonyl (C=O) groups is 3. The Kier molecular flexibility index (Phi) is 7.12. The molecule has 35 heavy (non-hydrogen) atoms. The van der Waals surface area contributed by atoms with Crippen LogP contribution in [0.3, 0.4) is 0 Å². The molecule has 0 bridgehead atoms. The van der Waals surface area contributed by atoms with Crippen LogP contribution < -0.4 is 10.6 Å². The van der Waals surface area contributed by atoms with Crippen molar-refractivity contribution in [2.75, 3.05) is 13.2 Å². The number of benzene rings is 2. The second-order valence-corrected chi connectivity index (χ2v) is 9.82. The van der Waals surface area contributed by atoms with Crippen molar-refractivity contribution in [2.24, 2.45) is 0 Å². The van der Waals surface area contributed by atoms with Gasteiger partial charge in [0.15, 0.2) is 5.60 Å². The number of nitrogens with one attached hydrogen (secondary N) is 2. The number of alkyl carbamates (subject to hydrolysis) is 1. The van der Waals surface area contributed by atoms with Gasteiger partial charge in [-0.3, -0.25) is 4.79 Å². The van der Waals surface area contributed by atoms with Crippen molar-refractivity contribution in [2.45, 2.75) is 62.5 Å². The van der Waals surface area contributed by atoms with Crippen LogP contribution in [0.2, 0.25) is 0 Å². The molecule has 8 nitrogen and oxygen atoms in total. The fourth-order valence-electron chi connectivity index (χ4n) is 5.14. The molecule has 2 aliphatic carbocycles. The van der Waals surface area contributed by atoms with E-state index in [2.05, 4.69) is 34.9 Å². The lowest BCUT2D eigenvalue weighted by atomic mass is 9.79. The molecular weight excluding hydrogens is 448 g/mol. The molecule has 0 saturated heterocycles. The van der Waals surface area contributed by atoms with Crippen molar-refractivity contribution in [3.05, 3.63) is 59.7 Å². The maximum absolute atomic E-state index is 12.9. The van der Waals surface area contributed by atoms with Gasteiger partial charge in [0.1, 0.15) is 6.61 Å². The molecule has 0 aromatic heterocycles. The Morgan fingerprint density at radius 3 is 2.14 bits per heavy atom. The number of aliphatic carboxylic acids is 1. The molecule has 0 aliphatic heterocycles. The molecule has 1 fully saturated rings. The van der Waals surface area contributed by atoms with E-state index in [9.17, 15) is 19.5 Å². The van der Waals surface area contributed by atoms with Gasteiger partial charge in [0.05, 0.1) is 12.1 Å². The monoisotopic (exact) mass is 480 g/mol. The molecule has 0 spiro atoms. The summed E-state index contributed by atoms with van der Waals surface area (Å²) in [6.07, 6.45) is 3.42. The lowest BCUT2D eigenvalue weighted by molar-refractivity contribution is -0.156. The van der Waals surface area contributed by atoms with Gasteiger partial charge in [0.2, 0.25) is 5.91 Å². The van der Waals surface area contributed by atoms with Crippen molar-refractivity contribution >= 4 is 18.0 Å². The van der Waals surface area contributed by atoms with Crippen molar-refractivity contribution < 1.29 is 29.3 Å². The van der Waals surface area contributed by atoms with Gasteiger partial charge in [0, 0.05) is 12.3 Å². The number of fused-ring (bicyclic) bond motifs is 3. The van der Waals surface area contributed by atoms with Gasteiger partial charge in [-0.25, -0.2) is 9.59 Å². The summed E-state index contributed by atoms with van der Waals surface area (Å²) < 4.78 is 5.70. The largest absolute Gasteiger partial charge is 0.479 e. The van der Waals surface area contributed by atoms with E-state index in [1.165, 1.54) is 0 Å². The summed E-state index contributed by atoms with van der Waals surface area (Å²) in [5.74, 6) is -1.90. The van der Waals surface area contributed by atoms with Gasteiger partial charge in [-0.1, -0.05) is 67.8 Å². The third-order valence-corrected chi connectivity index (χ3v) is 7.11. The summed E-state index contributed by atoms with van der Waals surface area (Å²) in [5, 5.41) is 24.3. The standard InChI is InChI=1S/C27H32N2O6/c1-26(34,24(31)32)17-28-23(30)15-27(13-7-2-8-14-27)29-25(33)35-16-22-20-11-5-3-9-18(20)19-10-4-6-12-21(19)22/h3-6,9-12,22,34H,2,7-8,13-17H2,1H3,(H,28,30)(H,29,33)(H,31,32).